The summed E-state index contributed by atoms with van der Waals surface area (Å²) in [5, 5.41) is 13.5. The molecule has 0 fully saturated rings. The fourth-order valence-corrected chi connectivity index (χ4v) is 4.80. The average Bonchev–Trinajstić information content (AvgIpc) is 2.62. The molecule has 3 N–H and O–H groups in total. The summed E-state index contributed by atoms with van der Waals surface area (Å²) < 4.78 is 26.1. The zero-order chi connectivity index (χ0) is 21.3. The van der Waals surface area contributed by atoms with Gasteiger partial charge in [-0.3, -0.25) is 9.52 Å². The number of carbonyl (C=O) groups is 1. The summed E-state index contributed by atoms with van der Waals surface area (Å²) in [6, 6.07) is 9.08. The second-order valence-corrected chi connectivity index (χ2v) is 9.79. The van der Waals surface area contributed by atoms with Gasteiger partial charge >= 0.3 is 5.97 Å². The number of anilines is 1. The number of fused-ring (bicyclic) bond motifs is 1. The van der Waals surface area contributed by atoms with Crippen LogP contribution in [-0.2, 0) is 21.2 Å². The van der Waals surface area contributed by atoms with Crippen LogP contribution in [-0.4, -0.2) is 32.8 Å². The molecule has 0 aromatic heterocycles. The average molecular weight is 457 g/mol. The predicted octanol–water partition coefficient (Wildman–Crippen LogP) is 4.18. The van der Waals surface area contributed by atoms with Crippen molar-refractivity contribution in [1.82, 2.24) is 5.32 Å². The van der Waals surface area contributed by atoms with Gasteiger partial charge in [-0.25, -0.2) is 8.42 Å². The maximum absolute atomic E-state index is 11.8. The first kappa shape index (κ1) is 21.9. The topological polar surface area (TPSA) is 95.5 Å². The molecule has 0 amide bonds. The van der Waals surface area contributed by atoms with Crippen LogP contribution in [0.5, 0.6) is 0 Å². The molecule has 0 saturated carbocycles. The molecule has 2 aromatic carbocycles. The summed E-state index contributed by atoms with van der Waals surface area (Å²) in [6.45, 7) is 0. The van der Waals surface area contributed by atoms with Gasteiger partial charge < -0.3 is 10.4 Å². The van der Waals surface area contributed by atoms with E-state index in [0.29, 0.717) is 21.3 Å². The largest absolute Gasteiger partial charge is 0.481 e. The number of nitrogens with one attached hydrogen (secondary N) is 2. The molecule has 29 heavy (non-hydrogen) atoms. The fraction of sp³-hybridized carbons (Fsp3) is 0.350. The molecule has 0 heterocycles. The van der Waals surface area contributed by atoms with E-state index in [4.69, 9.17) is 23.2 Å². The second kappa shape index (κ2) is 8.52. The van der Waals surface area contributed by atoms with Crippen molar-refractivity contribution in [3.63, 3.8) is 0 Å². The molecular weight excluding hydrogens is 435 g/mol. The molecule has 2 atom stereocenters. The quantitative estimate of drug-likeness (QED) is 0.605. The highest BCUT2D eigenvalue weighted by Crippen LogP contribution is 2.44. The molecule has 1 aliphatic rings. The van der Waals surface area contributed by atoms with E-state index in [9.17, 15) is 18.3 Å². The summed E-state index contributed by atoms with van der Waals surface area (Å²) >= 11 is 12.3. The summed E-state index contributed by atoms with van der Waals surface area (Å²) in [4.78, 5) is 11.4. The van der Waals surface area contributed by atoms with E-state index in [2.05, 4.69) is 10.0 Å². The van der Waals surface area contributed by atoms with Gasteiger partial charge in [-0.2, -0.15) is 0 Å². The number of sulfonamides is 1. The number of hydrogen-bond acceptors (Lipinski definition) is 4. The van der Waals surface area contributed by atoms with E-state index >= 15 is 0 Å². The molecule has 0 spiro atoms. The maximum Gasteiger partial charge on any atom is 0.307 e. The van der Waals surface area contributed by atoms with Crippen LogP contribution in [0.25, 0.3) is 0 Å². The number of carboxylic acid groups (broad SMARTS) is 1. The number of rotatable bonds is 6. The first-order chi connectivity index (χ1) is 13.6. The minimum absolute atomic E-state index is 0.00388. The van der Waals surface area contributed by atoms with Gasteiger partial charge in [-0.1, -0.05) is 35.3 Å². The second-order valence-electron chi connectivity index (χ2n) is 7.23. The van der Waals surface area contributed by atoms with Crippen LogP contribution < -0.4 is 10.0 Å². The van der Waals surface area contributed by atoms with Crippen molar-refractivity contribution < 1.29 is 18.3 Å². The Balaban J connectivity index is 2.18. The van der Waals surface area contributed by atoms with Crippen molar-refractivity contribution >= 4 is 44.9 Å². The van der Waals surface area contributed by atoms with Gasteiger partial charge in [-0.05, 0) is 60.3 Å². The van der Waals surface area contributed by atoms with Gasteiger partial charge in [0.15, 0.2) is 0 Å². The third-order valence-electron chi connectivity index (χ3n) is 5.14. The zero-order valence-electron chi connectivity index (χ0n) is 16.0. The van der Waals surface area contributed by atoms with E-state index < -0.39 is 16.0 Å². The maximum atomic E-state index is 11.8. The Kier molecular flexibility index (Phi) is 6.43. The summed E-state index contributed by atoms with van der Waals surface area (Å²) in [6.07, 6.45) is 2.43. The van der Waals surface area contributed by atoms with Gasteiger partial charge in [0, 0.05) is 12.0 Å². The lowest BCUT2D eigenvalue weighted by atomic mass is 9.75. The van der Waals surface area contributed by atoms with Crippen molar-refractivity contribution in [2.75, 3.05) is 18.0 Å². The van der Waals surface area contributed by atoms with E-state index in [0.717, 1.165) is 35.8 Å². The third kappa shape index (κ3) is 5.04. The summed E-state index contributed by atoms with van der Waals surface area (Å²) in [7, 11) is -1.71. The molecule has 0 saturated heterocycles. The van der Waals surface area contributed by atoms with Gasteiger partial charge in [0.2, 0.25) is 10.0 Å². The van der Waals surface area contributed by atoms with Gasteiger partial charge in [0.1, 0.15) is 0 Å². The van der Waals surface area contributed by atoms with Crippen molar-refractivity contribution in [2.24, 2.45) is 0 Å². The molecule has 6 nitrogen and oxygen atoms in total. The smallest absolute Gasteiger partial charge is 0.307 e. The Bertz CT molecular complexity index is 1060. The van der Waals surface area contributed by atoms with E-state index in [1.54, 1.807) is 18.2 Å². The normalized spacial score (nSPS) is 18.9. The Morgan fingerprint density at radius 1 is 1.14 bits per heavy atom. The van der Waals surface area contributed by atoms with Crippen LogP contribution in [0.15, 0.2) is 30.3 Å². The minimum Gasteiger partial charge on any atom is -0.481 e. The predicted molar refractivity (Wildman–Crippen MR) is 116 cm³/mol. The fourth-order valence-electron chi connectivity index (χ4n) is 3.91. The Morgan fingerprint density at radius 3 is 2.45 bits per heavy atom. The van der Waals surface area contributed by atoms with E-state index in [1.165, 1.54) is 0 Å². The Morgan fingerprint density at radius 2 is 1.86 bits per heavy atom. The van der Waals surface area contributed by atoms with Crippen molar-refractivity contribution in [2.45, 2.75) is 31.2 Å². The highest BCUT2D eigenvalue weighted by Gasteiger charge is 2.30. The van der Waals surface area contributed by atoms with Gasteiger partial charge in [0.05, 0.1) is 28.4 Å². The highest BCUT2D eigenvalue weighted by atomic mass is 35.5. The van der Waals surface area contributed by atoms with Crippen LogP contribution >= 0.6 is 23.2 Å². The SMILES string of the molecule is CN[C@H]1CC[C@@H](c2ccc(Cl)c(Cl)c2)c2cc(CC(=O)O)c(NS(C)(=O)=O)cc21. The zero-order valence-corrected chi connectivity index (χ0v) is 18.3. The first-order valence-electron chi connectivity index (χ1n) is 9.07. The monoisotopic (exact) mass is 456 g/mol. The van der Waals surface area contributed by atoms with Crippen LogP contribution in [0.2, 0.25) is 10.0 Å². The lowest BCUT2D eigenvalue weighted by molar-refractivity contribution is -0.136. The van der Waals surface area contributed by atoms with Crippen molar-refractivity contribution in [3.05, 3.63) is 62.6 Å². The molecule has 0 aliphatic heterocycles. The van der Waals surface area contributed by atoms with Gasteiger partial charge in [0.25, 0.3) is 0 Å². The first-order valence-corrected chi connectivity index (χ1v) is 11.7. The minimum atomic E-state index is -3.56. The number of halogens is 2. The van der Waals surface area contributed by atoms with Crippen LogP contribution in [0.1, 0.15) is 47.1 Å². The molecule has 2 aromatic rings. The summed E-state index contributed by atoms with van der Waals surface area (Å²) in [5.41, 5.74) is 3.60. The molecule has 1 aliphatic carbocycles. The van der Waals surface area contributed by atoms with Crippen LogP contribution in [0.4, 0.5) is 5.69 Å². The van der Waals surface area contributed by atoms with E-state index in [1.807, 2.05) is 19.2 Å². The van der Waals surface area contributed by atoms with Crippen molar-refractivity contribution in [1.29, 1.82) is 0 Å². The molecule has 3 rings (SSSR count). The molecule has 156 valence electrons. The van der Waals surface area contributed by atoms with E-state index in [-0.39, 0.29) is 18.4 Å². The van der Waals surface area contributed by atoms with Crippen molar-refractivity contribution in [3.8, 4) is 0 Å². The molecule has 0 unspecified atom stereocenters. The molecule has 9 heteroatoms. The number of aliphatic carboxylic acids is 1. The Labute approximate surface area is 180 Å². The lowest BCUT2D eigenvalue weighted by Crippen LogP contribution is -2.25. The van der Waals surface area contributed by atoms with Gasteiger partial charge in [-0.15, -0.1) is 0 Å². The Hall–Kier alpha value is -1.80. The molecule has 0 bridgehead atoms. The lowest BCUT2D eigenvalue weighted by Gasteiger charge is -2.33. The third-order valence-corrected chi connectivity index (χ3v) is 6.46. The standard InChI is InChI=1S/C20H22Cl2N2O4S/c1-23-18-6-4-13(11-3-5-16(21)17(22)8-11)14-7-12(9-20(25)26)19(10-15(14)18)24-29(2,27)28/h3,5,7-8,10,13,18,23-24H,4,6,9H2,1-2H3,(H,25,26)/t13-,18-/m0/s1. The molecule has 0 radical (unpaired) electrons. The van der Waals surface area contributed by atoms with Crippen LogP contribution in [0, 0.1) is 0 Å². The summed E-state index contributed by atoms with van der Waals surface area (Å²) in [5.74, 6) is -1.03. The number of benzene rings is 2. The number of hydrogen-bond donors (Lipinski definition) is 3. The highest BCUT2D eigenvalue weighted by molar-refractivity contribution is 7.92. The van der Waals surface area contributed by atoms with Crippen LogP contribution in [0.3, 0.4) is 0 Å². The molecular formula is C20H22Cl2N2O4S. The number of carboxylic acids is 1.